The standard InChI is InChI=1S/C7H10ClNO3/c1-12-7(11)4-2-5(8)6(10)9-3-4/h4-5H,2-3H2,1H3,(H,9,10). The Labute approximate surface area is 75.2 Å². The first-order chi connectivity index (χ1) is 5.65. The molecule has 1 N–H and O–H groups in total. The normalized spacial score (nSPS) is 29.3. The molecule has 1 heterocycles. The van der Waals surface area contributed by atoms with Crippen LogP contribution in [0.25, 0.3) is 0 Å². The van der Waals surface area contributed by atoms with Crippen LogP contribution in [0.3, 0.4) is 0 Å². The van der Waals surface area contributed by atoms with Gasteiger partial charge in [-0.2, -0.15) is 0 Å². The number of hydrogen-bond donors (Lipinski definition) is 1. The van der Waals surface area contributed by atoms with Crippen molar-refractivity contribution in [2.45, 2.75) is 11.8 Å². The number of rotatable bonds is 1. The van der Waals surface area contributed by atoms with Crippen molar-refractivity contribution in [1.29, 1.82) is 0 Å². The van der Waals surface area contributed by atoms with Crippen molar-refractivity contribution in [2.75, 3.05) is 13.7 Å². The third-order valence-corrected chi connectivity index (χ3v) is 2.21. The molecule has 0 aromatic heterocycles. The Morgan fingerprint density at radius 1 is 1.75 bits per heavy atom. The zero-order chi connectivity index (χ0) is 9.14. The highest BCUT2D eigenvalue weighted by Crippen LogP contribution is 2.17. The van der Waals surface area contributed by atoms with Crippen molar-refractivity contribution >= 4 is 23.5 Å². The van der Waals surface area contributed by atoms with Gasteiger partial charge in [0.1, 0.15) is 5.38 Å². The first-order valence-corrected chi connectivity index (χ1v) is 4.08. The van der Waals surface area contributed by atoms with E-state index < -0.39 is 5.38 Å². The second-order valence-electron chi connectivity index (χ2n) is 2.67. The molecule has 0 aromatic rings. The summed E-state index contributed by atoms with van der Waals surface area (Å²) >= 11 is 5.64. The second kappa shape index (κ2) is 3.76. The molecule has 1 aliphatic rings. The quantitative estimate of drug-likeness (QED) is 0.465. The molecule has 12 heavy (non-hydrogen) atoms. The molecule has 0 bridgehead atoms. The summed E-state index contributed by atoms with van der Waals surface area (Å²) in [6.07, 6.45) is 0.361. The van der Waals surface area contributed by atoms with Gasteiger partial charge >= 0.3 is 5.97 Å². The smallest absolute Gasteiger partial charge is 0.310 e. The number of carbonyl (C=O) groups excluding carboxylic acids is 2. The van der Waals surface area contributed by atoms with E-state index in [0.717, 1.165) is 0 Å². The second-order valence-corrected chi connectivity index (χ2v) is 3.20. The van der Waals surface area contributed by atoms with Gasteiger partial charge in [-0.3, -0.25) is 9.59 Å². The van der Waals surface area contributed by atoms with Crippen molar-refractivity contribution in [3.8, 4) is 0 Å². The topological polar surface area (TPSA) is 55.4 Å². The zero-order valence-corrected chi connectivity index (χ0v) is 7.43. The van der Waals surface area contributed by atoms with Crippen LogP contribution in [0.4, 0.5) is 0 Å². The van der Waals surface area contributed by atoms with E-state index >= 15 is 0 Å². The molecule has 5 heteroatoms. The zero-order valence-electron chi connectivity index (χ0n) is 6.67. The molecule has 1 saturated heterocycles. The molecule has 2 atom stereocenters. The van der Waals surface area contributed by atoms with Gasteiger partial charge in [-0.1, -0.05) is 0 Å². The van der Waals surface area contributed by atoms with Crippen LogP contribution < -0.4 is 5.32 Å². The first kappa shape index (κ1) is 9.32. The van der Waals surface area contributed by atoms with E-state index in [1.807, 2.05) is 0 Å². The number of esters is 1. The van der Waals surface area contributed by atoms with Crippen LogP contribution in [-0.4, -0.2) is 30.9 Å². The van der Waals surface area contributed by atoms with Gasteiger partial charge in [0, 0.05) is 6.54 Å². The van der Waals surface area contributed by atoms with E-state index in [0.29, 0.717) is 13.0 Å². The number of ether oxygens (including phenoxy) is 1. The number of nitrogens with one attached hydrogen (secondary N) is 1. The summed E-state index contributed by atoms with van der Waals surface area (Å²) in [5.74, 6) is -0.826. The Morgan fingerprint density at radius 3 is 2.92 bits per heavy atom. The lowest BCUT2D eigenvalue weighted by Gasteiger charge is -2.23. The number of piperidine rings is 1. The molecule has 0 aromatic carbocycles. The fourth-order valence-corrected chi connectivity index (χ4v) is 1.41. The average molecular weight is 192 g/mol. The maximum Gasteiger partial charge on any atom is 0.310 e. The van der Waals surface area contributed by atoms with Crippen LogP contribution in [-0.2, 0) is 14.3 Å². The molecule has 4 nitrogen and oxygen atoms in total. The van der Waals surface area contributed by atoms with E-state index in [1.54, 1.807) is 0 Å². The predicted molar refractivity (Wildman–Crippen MR) is 42.8 cm³/mol. The van der Waals surface area contributed by atoms with E-state index in [-0.39, 0.29) is 17.8 Å². The van der Waals surface area contributed by atoms with Gasteiger partial charge in [0.15, 0.2) is 0 Å². The highest BCUT2D eigenvalue weighted by molar-refractivity contribution is 6.31. The summed E-state index contributed by atoms with van der Waals surface area (Å²) in [5, 5.41) is 1.92. The lowest BCUT2D eigenvalue weighted by molar-refractivity contribution is -0.146. The van der Waals surface area contributed by atoms with Gasteiger partial charge in [-0.25, -0.2) is 0 Å². The van der Waals surface area contributed by atoms with Gasteiger partial charge in [-0.05, 0) is 6.42 Å². The van der Waals surface area contributed by atoms with Crippen molar-refractivity contribution in [2.24, 2.45) is 5.92 Å². The Morgan fingerprint density at radius 2 is 2.42 bits per heavy atom. The Bertz CT molecular complexity index is 207. The van der Waals surface area contributed by atoms with Crippen molar-refractivity contribution in [3.63, 3.8) is 0 Å². The lowest BCUT2D eigenvalue weighted by Crippen LogP contribution is -2.45. The molecule has 68 valence electrons. The van der Waals surface area contributed by atoms with Gasteiger partial charge in [0.05, 0.1) is 13.0 Å². The summed E-state index contributed by atoms with van der Waals surface area (Å²) in [6, 6.07) is 0. The van der Waals surface area contributed by atoms with Gasteiger partial charge in [-0.15, -0.1) is 11.6 Å². The molecule has 0 spiro atoms. The van der Waals surface area contributed by atoms with Crippen molar-refractivity contribution < 1.29 is 14.3 Å². The third kappa shape index (κ3) is 1.88. The van der Waals surface area contributed by atoms with Crippen LogP contribution in [0.5, 0.6) is 0 Å². The number of halogens is 1. The van der Waals surface area contributed by atoms with Crippen molar-refractivity contribution in [1.82, 2.24) is 5.32 Å². The Kier molecular flexibility index (Phi) is 2.92. The maximum atomic E-state index is 11.0. The van der Waals surface area contributed by atoms with Crippen LogP contribution in [0.15, 0.2) is 0 Å². The van der Waals surface area contributed by atoms with Crippen LogP contribution in [0.2, 0.25) is 0 Å². The first-order valence-electron chi connectivity index (χ1n) is 3.64. The number of carbonyl (C=O) groups is 2. The number of alkyl halides is 1. The summed E-state index contributed by atoms with van der Waals surface area (Å²) < 4.78 is 4.52. The highest BCUT2D eigenvalue weighted by atomic mass is 35.5. The molecular weight excluding hydrogens is 182 g/mol. The summed E-state index contributed by atoms with van der Waals surface area (Å²) in [4.78, 5) is 21.8. The molecule has 1 amide bonds. The molecule has 1 rings (SSSR count). The number of methoxy groups -OCH3 is 1. The molecule has 2 unspecified atom stereocenters. The third-order valence-electron chi connectivity index (χ3n) is 1.83. The van der Waals surface area contributed by atoms with E-state index in [1.165, 1.54) is 7.11 Å². The highest BCUT2D eigenvalue weighted by Gasteiger charge is 2.31. The largest absolute Gasteiger partial charge is 0.469 e. The summed E-state index contributed by atoms with van der Waals surface area (Å²) in [5.41, 5.74) is 0. The average Bonchev–Trinajstić information content (AvgIpc) is 2.08. The van der Waals surface area contributed by atoms with Crippen LogP contribution in [0.1, 0.15) is 6.42 Å². The minimum absolute atomic E-state index is 0.211. The molecule has 1 fully saturated rings. The SMILES string of the molecule is COC(=O)C1CNC(=O)C(Cl)C1. The number of amides is 1. The van der Waals surface area contributed by atoms with Gasteiger partial charge in [0.2, 0.25) is 5.91 Å². The molecule has 0 radical (unpaired) electrons. The maximum absolute atomic E-state index is 11.0. The van der Waals surface area contributed by atoms with Crippen LogP contribution >= 0.6 is 11.6 Å². The predicted octanol–water partition coefficient (Wildman–Crippen LogP) is -0.0971. The Balaban J connectivity index is 2.50. The van der Waals surface area contributed by atoms with Crippen LogP contribution in [0, 0.1) is 5.92 Å². The van der Waals surface area contributed by atoms with Gasteiger partial charge in [0.25, 0.3) is 0 Å². The minimum Gasteiger partial charge on any atom is -0.469 e. The van der Waals surface area contributed by atoms with E-state index in [2.05, 4.69) is 10.1 Å². The Hall–Kier alpha value is -0.770. The van der Waals surface area contributed by atoms with E-state index in [4.69, 9.17) is 11.6 Å². The summed E-state index contributed by atoms with van der Waals surface area (Å²) in [6.45, 7) is 0.328. The fourth-order valence-electron chi connectivity index (χ4n) is 1.12. The number of hydrogen-bond acceptors (Lipinski definition) is 3. The molecule has 0 saturated carbocycles. The molecule has 0 aliphatic carbocycles. The molecular formula is C7H10ClNO3. The monoisotopic (exact) mass is 191 g/mol. The summed E-state index contributed by atoms with van der Waals surface area (Å²) in [7, 11) is 1.32. The fraction of sp³-hybridized carbons (Fsp3) is 0.714. The minimum atomic E-state index is -0.608. The van der Waals surface area contributed by atoms with Gasteiger partial charge < -0.3 is 10.1 Å². The van der Waals surface area contributed by atoms with Crippen molar-refractivity contribution in [3.05, 3.63) is 0 Å². The van der Waals surface area contributed by atoms with E-state index in [9.17, 15) is 9.59 Å². The lowest BCUT2D eigenvalue weighted by atomic mass is 9.99. The molecule has 1 aliphatic heterocycles.